The molecule has 0 aliphatic heterocycles. The average Bonchev–Trinajstić information content (AvgIpc) is 2.79. The number of rotatable bonds is 1. The van der Waals surface area contributed by atoms with E-state index in [0.717, 1.165) is 22.0 Å². The quantitative estimate of drug-likeness (QED) is 0.689. The van der Waals surface area contributed by atoms with Crippen LogP contribution in [0.15, 0.2) is 30.6 Å². The molecule has 0 atom stereocenters. The minimum Gasteiger partial charge on any atom is -0.397 e. The van der Waals surface area contributed by atoms with Crippen LogP contribution in [0.5, 0.6) is 0 Å². The van der Waals surface area contributed by atoms with Gasteiger partial charge in [0.1, 0.15) is 5.82 Å². The molecule has 1 aromatic carbocycles. The van der Waals surface area contributed by atoms with E-state index in [1.54, 1.807) is 6.20 Å². The fourth-order valence-corrected chi connectivity index (χ4v) is 2.10. The van der Waals surface area contributed by atoms with Gasteiger partial charge in [0.05, 0.1) is 29.3 Å². The van der Waals surface area contributed by atoms with Crippen molar-refractivity contribution >= 4 is 16.6 Å². The fourth-order valence-electron chi connectivity index (χ4n) is 2.10. The summed E-state index contributed by atoms with van der Waals surface area (Å²) in [6.45, 7) is 1.96. The molecule has 4 nitrogen and oxygen atoms in total. The molecule has 3 N–H and O–H groups in total. The van der Waals surface area contributed by atoms with Crippen LogP contribution in [0.2, 0.25) is 0 Å². The molecular weight excluding hydrogens is 231 g/mol. The average molecular weight is 242 g/mol. The second-order valence-electron chi connectivity index (χ2n) is 4.18. The van der Waals surface area contributed by atoms with Crippen molar-refractivity contribution < 1.29 is 4.39 Å². The van der Waals surface area contributed by atoms with Gasteiger partial charge in [-0.15, -0.1) is 0 Å². The van der Waals surface area contributed by atoms with Gasteiger partial charge in [0, 0.05) is 17.0 Å². The van der Waals surface area contributed by atoms with E-state index in [4.69, 9.17) is 5.73 Å². The number of hydrogen-bond acceptors (Lipinski definition) is 3. The Balaban J connectivity index is 2.36. The Hall–Kier alpha value is -2.43. The first-order chi connectivity index (χ1) is 8.66. The number of aromatic amines is 1. The van der Waals surface area contributed by atoms with Crippen molar-refractivity contribution in [2.75, 3.05) is 5.73 Å². The number of halogens is 1. The maximum atomic E-state index is 13.1. The van der Waals surface area contributed by atoms with Gasteiger partial charge in [-0.3, -0.25) is 10.1 Å². The molecule has 0 aliphatic rings. The van der Waals surface area contributed by atoms with Gasteiger partial charge in [-0.25, -0.2) is 4.39 Å². The number of pyridine rings is 1. The monoisotopic (exact) mass is 242 g/mol. The minimum atomic E-state index is -0.437. The number of fused-ring (bicyclic) bond motifs is 1. The van der Waals surface area contributed by atoms with Gasteiger partial charge in [-0.2, -0.15) is 5.10 Å². The lowest BCUT2D eigenvalue weighted by molar-refractivity contribution is 0.622. The maximum absolute atomic E-state index is 13.1. The second kappa shape index (κ2) is 3.80. The molecule has 18 heavy (non-hydrogen) atoms. The summed E-state index contributed by atoms with van der Waals surface area (Å²) in [5, 5.41) is 7.83. The van der Waals surface area contributed by atoms with Crippen LogP contribution in [0.4, 0.5) is 10.1 Å². The van der Waals surface area contributed by atoms with Gasteiger partial charge in [-0.1, -0.05) is 6.07 Å². The predicted octanol–water partition coefficient (Wildman–Crippen LogP) is 2.65. The largest absolute Gasteiger partial charge is 0.397 e. The molecule has 0 fully saturated rings. The van der Waals surface area contributed by atoms with E-state index in [9.17, 15) is 4.39 Å². The van der Waals surface area contributed by atoms with E-state index < -0.39 is 5.82 Å². The highest BCUT2D eigenvalue weighted by Crippen LogP contribution is 2.33. The Morgan fingerprint density at radius 1 is 1.28 bits per heavy atom. The van der Waals surface area contributed by atoms with Crippen molar-refractivity contribution in [1.29, 1.82) is 0 Å². The number of aryl methyl sites for hydroxylation is 1. The molecule has 2 aromatic heterocycles. The molecule has 2 heterocycles. The zero-order chi connectivity index (χ0) is 12.7. The van der Waals surface area contributed by atoms with Crippen LogP contribution in [-0.4, -0.2) is 15.2 Å². The van der Waals surface area contributed by atoms with E-state index >= 15 is 0 Å². The molecule has 0 bridgehead atoms. The van der Waals surface area contributed by atoms with Crippen LogP contribution in [-0.2, 0) is 0 Å². The first-order valence-electron chi connectivity index (χ1n) is 5.51. The Kier molecular flexibility index (Phi) is 2.26. The van der Waals surface area contributed by atoms with Gasteiger partial charge in [-0.05, 0) is 18.6 Å². The van der Waals surface area contributed by atoms with Gasteiger partial charge in [0.25, 0.3) is 0 Å². The lowest BCUT2D eigenvalue weighted by Crippen LogP contribution is -1.96. The first kappa shape index (κ1) is 10.7. The van der Waals surface area contributed by atoms with Crippen LogP contribution < -0.4 is 5.73 Å². The molecule has 0 saturated heterocycles. The number of hydrogen-bond donors (Lipinski definition) is 2. The maximum Gasteiger partial charge on any atom is 0.143 e. The van der Waals surface area contributed by atoms with Crippen LogP contribution in [0, 0.1) is 12.7 Å². The SMILES string of the molecule is Cc1ccc2[nH]ncc2c1-c1ncc(F)cc1N. The number of H-pyrrole nitrogens is 1. The summed E-state index contributed by atoms with van der Waals surface area (Å²) in [6.07, 6.45) is 2.90. The van der Waals surface area contributed by atoms with Crippen molar-refractivity contribution in [3.63, 3.8) is 0 Å². The Bertz CT molecular complexity index is 733. The highest BCUT2D eigenvalue weighted by Gasteiger charge is 2.13. The van der Waals surface area contributed by atoms with Gasteiger partial charge in [0.15, 0.2) is 0 Å². The standard InChI is InChI=1S/C13H11FN4/c1-7-2-3-11-9(6-17-18-11)12(7)13-10(15)4-8(14)5-16-13/h2-6H,15H2,1H3,(H,17,18). The molecule has 90 valence electrons. The van der Waals surface area contributed by atoms with Crippen LogP contribution in [0.25, 0.3) is 22.2 Å². The third-order valence-corrected chi connectivity index (χ3v) is 2.95. The zero-order valence-corrected chi connectivity index (χ0v) is 9.74. The highest BCUT2D eigenvalue weighted by atomic mass is 19.1. The number of anilines is 1. The van der Waals surface area contributed by atoms with Crippen molar-refractivity contribution in [2.45, 2.75) is 6.92 Å². The molecule has 0 spiro atoms. The number of nitrogens with two attached hydrogens (primary N) is 1. The summed E-state index contributed by atoms with van der Waals surface area (Å²) in [5.74, 6) is -0.437. The lowest BCUT2D eigenvalue weighted by Gasteiger charge is -2.09. The molecule has 0 unspecified atom stereocenters. The fraction of sp³-hybridized carbons (Fsp3) is 0.0769. The Morgan fingerprint density at radius 3 is 2.89 bits per heavy atom. The van der Waals surface area contributed by atoms with Crippen LogP contribution in [0.3, 0.4) is 0 Å². The molecule has 0 saturated carbocycles. The van der Waals surface area contributed by atoms with Crippen molar-refractivity contribution in [2.24, 2.45) is 0 Å². The molecule has 0 radical (unpaired) electrons. The van der Waals surface area contributed by atoms with Gasteiger partial charge < -0.3 is 5.73 Å². The summed E-state index contributed by atoms with van der Waals surface area (Å²) in [5.41, 5.74) is 9.57. The number of nitrogens with one attached hydrogen (secondary N) is 1. The zero-order valence-electron chi connectivity index (χ0n) is 9.74. The molecular formula is C13H11FN4. The van der Waals surface area contributed by atoms with Crippen molar-refractivity contribution in [1.82, 2.24) is 15.2 Å². The minimum absolute atomic E-state index is 0.326. The van der Waals surface area contributed by atoms with Crippen LogP contribution >= 0.6 is 0 Å². The molecule has 5 heteroatoms. The second-order valence-corrected chi connectivity index (χ2v) is 4.18. The lowest BCUT2D eigenvalue weighted by atomic mass is 10.00. The summed E-state index contributed by atoms with van der Waals surface area (Å²) in [7, 11) is 0. The number of nitrogen functional groups attached to an aromatic ring is 1. The van der Waals surface area contributed by atoms with Crippen LogP contribution in [0.1, 0.15) is 5.56 Å². The van der Waals surface area contributed by atoms with E-state index in [1.165, 1.54) is 12.3 Å². The summed E-state index contributed by atoms with van der Waals surface area (Å²) >= 11 is 0. The van der Waals surface area contributed by atoms with Gasteiger partial charge >= 0.3 is 0 Å². The van der Waals surface area contributed by atoms with Crippen molar-refractivity contribution in [3.05, 3.63) is 42.0 Å². The van der Waals surface area contributed by atoms with E-state index in [0.29, 0.717) is 11.4 Å². The van der Waals surface area contributed by atoms with Crippen molar-refractivity contribution in [3.8, 4) is 11.3 Å². The van der Waals surface area contributed by atoms with E-state index in [2.05, 4.69) is 15.2 Å². The third-order valence-electron chi connectivity index (χ3n) is 2.95. The number of nitrogens with zero attached hydrogens (tertiary/aromatic N) is 2. The molecule has 3 rings (SSSR count). The molecule has 3 aromatic rings. The van der Waals surface area contributed by atoms with E-state index in [-0.39, 0.29) is 0 Å². The van der Waals surface area contributed by atoms with Gasteiger partial charge in [0.2, 0.25) is 0 Å². The third kappa shape index (κ3) is 1.52. The molecule has 0 aliphatic carbocycles. The topological polar surface area (TPSA) is 67.6 Å². The molecule has 0 amide bonds. The Labute approximate surface area is 103 Å². The highest BCUT2D eigenvalue weighted by molar-refractivity contribution is 5.97. The van der Waals surface area contributed by atoms with E-state index in [1.807, 2.05) is 19.1 Å². The smallest absolute Gasteiger partial charge is 0.143 e. The summed E-state index contributed by atoms with van der Waals surface area (Å²) < 4.78 is 13.1. The number of aromatic nitrogens is 3. The predicted molar refractivity (Wildman–Crippen MR) is 68.4 cm³/mol. The first-order valence-corrected chi connectivity index (χ1v) is 5.51. The number of benzene rings is 1. The summed E-state index contributed by atoms with van der Waals surface area (Å²) in [6, 6.07) is 5.18. The Morgan fingerprint density at radius 2 is 2.11 bits per heavy atom. The summed E-state index contributed by atoms with van der Waals surface area (Å²) in [4.78, 5) is 4.10. The normalized spacial score (nSPS) is 11.0.